The van der Waals surface area contributed by atoms with Gasteiger partial charge in [-0.2, -0.15) is 0 Å². The van der Waals surface area contributed by atoms with Crippen LogP contribution in [-0.2, 0) is 0 Å². The Morgan fingerprint density at radius 2 is 2.11 bits per heavy atom. The van der Waals surface area contributed by atoms with Gasteiger partial charge in [-0.25, -0.2) is 0 Å². The van der Waals surface area contributed by atoms with E-state index >= 15 is 0 Å². The summed E-state index contributed by atoms with van der Waals surface area (Å²) in [6.07, 6.45) is 2.00. The largest absolute Gasteiger partial charge is 0.351 e. The molecule has 0 saturated carbocycles. The number of nitrogens with one attached hydrogen (secondary N) is 2. The lowest BCUT2D eigenvalue weighted by Crippen LogP contribution is -2.37. The first-order chi connectivity index (χ1) is 8.62. The molecule has 18 heavy (non-hydrogen) atoms. The van der Waals surface area contributed by atoms with E-state index in [0.29, 0.717) is 18.2 Å². The van der Waals surface area contributed by atoms with Crippen LogP contribution in [0.4, 0.5) is 0 Å². The third-order valence-corrected chi connectivity index (χ3v) is 3.22. The first-order valence-electron chi connectivity index (χ1n) is 6.54. The van der Waals surface area contributed by atoms with E-state index in [1.165, 1.54) is 0 Å². The molecule has 0 spiro atoms. The highest BCUT2D eigenvalue weighted by molar-refractivity contribution is 5.91. The molecule has 1 rings (SSSR count). The Labute approximate surface area is 108 Å². The molecule has 0 aliphatic rings. The van der Waals surface area contributed by atoms with Gasteiger partial charge in [-0.1, -0.05) is 19.0 Å². The molecule has 5 nitrogen and oxygen atoms in total. The van der Waals surface area contributed by atoms with Crippen molar-refractivity contribution in [1.29, 1.82) is 0 Å². The molecule has 0 bridgehead atoms. The quantitative estimate of drug-likeness (QED) is 0.779. The predicted molar refractivity (Wildman–Crippen MR) is 70.7 cm³/mol. The van der Waals surface area contributed by atoms with Crippen molar-refractivity contribution in [3.8, 4) is 0 Å². The lowest BCUT2D eigenvalue weighted by molar-refractivity contribution is 0.0913. The first kappa shape index (κ1) is 14.7. The van der Waals surface area contributed by atoms with Gasteiger partial charge in [0.25, 0.3) is 5.91 Å². The molecule has 5 heteroatoms. The molecule has 1 aromatic heterocycles. The molecule has 1 aromatic rings. The second-order valence-electron chi connectivity index (χ2n) is 4.53. The predicted octanol–water partition coefficient (Wildman–Crippen LogP) is 1.92. The minimum Gasteiger partial charge on any atom is -0.351 e. The van der Waals surface area contributed by atoms with Crippen molar-refractivity contribution in [2.75, 3.05) is 13.6 Å². The van der Waals surface area contributed by atoms with Gasteiger partial charge in [0.15, 0.2) is 0 Å². The molecule has 0 aliphatic carbocycles. The molecule has 102 valence electrons. The molecular formula is C13H23N3O2. The Balaban J connectivity index is 2.59. The SMILES string of the molecule is CCC(CC)c1cc(C(=O)NCC(C)NC)on1. The van der Waals surface area contributed by atoms with Crippen molar-refractivity contribution >= 4 is 5.91 Å². The van der Waals surface area contributed by atoms with Crippen LogP contribution in [0.3, 0.4) is 0 Å². The van der Waals surface area contributed by atoms with Gasteiger partial charge < -0.3 is 15.2 Å². The summed E-state index contributed by atoms with van der Waals surface area (Å²) in [5.74, 6) is 0.452. The van der Waals surface area contributed by atoms with Crippen LogP contribution in [0.1, 0.15) is 55.8 Å². The number of hydrogen-bond acceptors (Lipinski definition) is 4. The van der Waals surface area contributed by atoms with Gasteiger partial charge in [-0.15, -0.1) is 0 Å². The number of nitrogens with zero attached hydrogens (tertiary/aromatic N) is 1. The fourth-order valence-corrected chi connectivity index (χ4v) is 1.73. The number of likely N-dealkylation sites (N-methyl/N-ethyl adjacent to an activating group) is 1. The average molecular weight is 253 g/mol. The number of amides is 1. The Morgan fingerprint density at radius 1 is 1.44 bits per heavy atom. The van der Waals surface area contributed by atoms with Crippen LogP contribution >= 0.6 is 0 Å². The van der Waals surface area contributed by atoms with Gasteiger partial charge in [-0.3, -0.25) is 4.79 Å². The van der Waals surface area contributed by atoms with Crippen molar-refractivity contribution < 1.29 is 9.32 Å². The summed E-state index contributed by atoms with van der Waals surface area (Å²) in [5, 5.41) is 9.83. The molecule has 1 unspecified atom stereocenters. The fraction of sp³-hybridized carbons (Fsp3) is 0.692. The molecular weight excluding hydrogens is 230 g/mol. The first-order valence-corrected chi connectivity index (χ1v) is 6.54. The third-order valence-electron chi connectivity index (χ3n) is 3.22. The topological polar surface area (TPSA) is 67.2 Å². The fourth-order valence-electron chi connectivity index (χ4n) is 1.73. The Bertz CT molecular complexity index is 372. The summed E-state index contributed by atoms with van der Waals surface area (Å²) >= 11 is 0. The van der Waals surface area contributed by atoms with Gasteiger partial charge in [0.1, 0.15) is 0 Å². The molecule has 0 fully saturated rings. The van der Waals surface area contributed by atoms with Crippen LogP contribution in [0.5, 0.6) is 0 Å². The number of rotatable bonds is 7. The Hall–Kier alpha value is -1.36. The van der Waals surface area contributed by atoms with E-state index in [-0.39, 0.29) is 11.9 Å². The lowest BCUT2D eigenvalue weighted by Gasteiger charge is -2.09. The summed E-state index contributed by atoms with van der Waals surface area (Å²) in [7, 11) is 1.86. The van der Waals surface area contributed by atoms with Crippen LogP contribution in [0.2, 0.25) is 0 Å². The van der Waals surface area contributed by atoms with Crippen LogP contribution < -0.4 is 10.6 Å². The van der Waals surface area contributed by atoms with Crippen molar-refractivity contribution in [1.82, 2.24) is 15.8 Å². The van der Waals surface area contributed by atoms with Crippen molar-refractivity contribution in [2.24, 2.45) is 0 Å². The summed E-state index contributed by atoms with van der Waals surface area (Å²) in [6.45, 7) is 6.78. The zero-order valence-corrected chi connectivity index (χ0v) is 11.6. The smallest absolute Gasteiger partial charge is 0.289 e. The van der Waals surface area contributed by atoms with Gasteiger partial charge in [0.05, 0.1) is 5.69 Å². The average Bonchev–Trinajstić information content (AvgIpc) is 2.86. The highest BCUT2D eigenvalue weighted by Crippen LogP contribution is 2.22. The van der Waals surface area contributed by atoms with Gasteiger partial charge in [-0.05, 0) is 26.8 Å². The second kappa shape index (κ2) is 7.16. The summed E-state index contributed by atoms with van der Waals surface area (Å²) in [6, 6.07) is 1.98. The van der Waals surface area contributed by atoms with Crippen molar-refractivity contribution in [3.63, 3.8) is 0 Å². The monoisotopic (exact) mass is 253 g/mol. The van der Waals surface area contributed by atoms with Gasteiger partial charge in [0, 0.05) is 24.6 Å². The molecule has 0 aromatic carbocycles. The Kier molecular flexibility index (Phi) is 5.85. The molecule has 1 heterocycles. The number of carbonyl (C=O) groups excluding carboxylic acids is 1. The highest BCUT2D eigenvalue weighted by atomic mass is 16.5. The maximum Gasteiger partial charge on any atom is 0.289 e. The number of hydrogen-bond donors (Lipinski definition) is 2. The molecule has 2 N–H and O–H groups in total. The summed E-state index contributed by atoms with van der Waals surface area (Å²) in [5.41, 5.74) is 0.867. The van der Waals surface area contributed by atoms with Crippen LogP contribution in [-0.4, -0.2) is 30.7 Å². The van der Waals surface area contributed by atoms with Gasteiger partial charge in [0.2, 0.25) is 5.76 Å². The van der Waals surface area contributed by atoms with E-state index in [0.717, 1.165) is 18.5 Å². The maximum atomic E-state index is 11.8. The van der Waals surface area contributed by atoms with Crippen molar-refractivity contribution in [3.05, 3.63) is 17.5 Å². The minimum atomic E-state index is -0.207. The Morgan fingerprint density at radius 3 is 2.67 bits per heavy atom. The molecule has 0 radical (unpaired) electrons. The van der Waals surface area contributed by atoms with E-state index < -0.39 is 0 Å². The van der Waals surface area contributed by atoms with Crippen molar-refractivity contribution in [2.45, 2.75) is 45.6 Å². The maximum absolute atomic E-state index is 11.8. The van der Waals surface area contributed by atoms with E-state index in [9.17, 15) is 4.79 Å². The minimum absolute atomic E-state index is 0.207. The van der Waals surface area contributed by atoms with Crippen LogP contribution in [0.25, 0.3) is 0 Å². The standard InChI is InChI=1S/C13H23N3O2/c1-5-10(6-2)11-7-12(18-16-11)13(17)15-8-9(3)14-4/h7,9-10,14H,5-6,8H2,1-4H3,(H,15,17). The molecule has 0 saturated heterocycles. The van der Waals surface area contributed by atoms with Gasteiger partial charge >= 0.3 is 0 Å². The van der Waals surface area contributed by atoms with E-state index in [2.05, 4.69) is 29.6 Å². The van der Waals surface area contributed by atoms with E-state index in [1.807, 2.05) is 14.0 Å². The van der Waals surface area contributed by atoms with E-state index in [4.69, 9.17) is 4.52 Å². The number of aromatic nitrogens is 1. The zero-order valence-electron chi connectivity index (χ0n) is 11.6. The second-order valence-corrected chi connectivity index (χ2v) is 4.53. The molecule has 1 atom stereocenters. The normalized spacial score (nSPS) is 12.7. The lowest BCUT2D eigenvalue weighted by atomic mass is 9.99. The zero-order chi connectivity index (χ0) is 13.5. The van der Waals surface area contributed by atoms with E-state index in [1.54, 1.807) is 6.07 Å². The highest BCUT2D eigenvalue weighted by Gasteiger charge is 2.17. The molecule has 1 amide bonds. The third kappa shape index (κ3) is 3.84. The summed E-state index contributed by atoms with van der Waals surface area (Å²) < 4.78 is 5.09. The summed E-state index contributed by atoms with van der Waals surface area (Å²) in [4.78, 5) is 11.8. The molecule has 0 aliphatic heterocycles. The number of carbonyl (C=O) groups is 1. The van der Waals surface area contributed by atoms with Crippen LogP contribution in [0.15, 0.2) is 10.6 Å². The van der Waals surface area contributed by atoms with Crippen LogP contribution in [0, 0.1) is 0 Å².